The third-order valence-electron chi connectivity index (χ3n) is 5.56. The summed E-state index contributed by atoms with van der Waals surface area (Å²) in [5.41, 5.74) is 5.96. The van der Waals surface area contributed by atoms with Crippen molar-refractivity contribution in [2.45, 2.75) is 57.4 Å². The van der Waals surface area contributed by atoms with Crippen LogP contribution in [-0.4, -0.2) is 49.0 Å². The fourth-order valence-electron chi connectivity index (χ4n) is 4.25. The summed E-state index contributed by atoms with van der Waals surface area (Å²) in [6.45, 7) is 2.31. The molecule has 2 saturated heterocycles. The zero-order chi connectivity index (χ0) is 16.1. The Labute approximate surface area is 138 Å². The van der Waals surface area contributed by atoms with Crippen molar-refractivity contribution in [1.82, 2.24) is 4.90 Å². The summed E-state index contributed by atoms with van der Waals surface area (Å²) in [6.07, 6.45) is 9.09. The Hall–Kier alpha value is -1.30. The molecule has 2 atom stereocenters. The molecule has 130 valence electrons. The van der Waals surface area contributed by atoms with Crippen LogP contribution in [-0.2, 0) is 14.4 Å². The van der Waals surface area contributed by atoms with Crippen LogP contribution in [0.1, 0.15) is 51.4 Å². The normalized spacial score (nSPS) is 29.9. The number of ether oxygens (including phenoxy) is 1. The maximum Gasteiger partial charge on any atom is 0.263 e. The predicted octanol–water partition coefficient (Wildman–Crippen LogP) is 1.88. The van der Waals surface area contributed by atoms with Crippen molar-refractivity contribution in [1.29, 1.82) is 0 Å². The first-order chi connectivity index (χ1) is 11.3. The van der Waals surface area contributed by atoms with Crippen LogP contribution in [0.3, 0.4) is 0 Å². The van der Waals surface area contributed by atoms with E-state index in [0.29, 0.717) is 17.8 Å². The number of amides is 1. The van der Waals surface area contributed by atoms with Crippen molar-refractivity contribution in [2.75, 3.05) is 26.4 Å². The molecule has 2 N–H and O–H groups in total. The standard InChI is InChI=1S/C17H29N3O3/c18-17(14-7-10-22-11-8-14)19-23-12-16(21)20-9-3-5-13-4-1-2-6-15(13)20/h13-15H,1-12H2,(H2,18,19)/t13-,15-/m0/s1. The molecule has 0 aromatic heterocycles. The van der Waals surface area contributed by atoms with Gasteiger partial charge >= 0.3 is 0 Å². The number of rotatable bonds is 4. The molecule has 0 unspecified atom stereocenters. The van der Waals surface area contributed by atoms with E-state index < -0.39 is 0 Å². The maximum atomic E-state index is 12.5. The zero-order valence-electron chi connectivity index (χ0n) is 13.9. The first-order valence-corrected chi connectivity index (χ1v) is 9.08. The Balaban J connectivity index is 1.48. The topological polar surface area (TPSA) is 77.2 Å². The summed E-state index contributed by atoms with van der Waals surface area (Å²) in [7, 11) is 0. The predicted molar refractivity (Wildman–Crippen MR) is 87.8 cm³/mol. The molecule has 1 aliphatic carbocycles. The minimum absolute atomic E-state index is 0.00708. The van der Waals surface area contributed by atoms with Crippen molar-refractivity contribution >= 4 is 11.7 Å². The van der Waals surface area contributed by atoms with Crippen LogP contribution in [0, 0.1) is 11.8 Å². The summed E-state index contributed by atoms with van der Waals surface area (Å²) in [4.78, 5) is 19.8. The van der Waals surface area contributed by atoms with Gasteiger partial charge in [-0.15, -0.1) is 0 Å². The molecule has 3 rings (SSSR count). The van der Waals surface area contributed by atoms with Crippen LogP contribution in [0.15, 0.2) is 5.16 Å². The van der Waals surface area contributed by atoms with E-state index in [1.165, 1.54) is 25.7 Å². The minimum Gasteiger partial charge on any atom is -0.384 e. The lowest BCUT2D eigenvalue weighted by Crippen LogP contribution is -2.50. The van der Waals surface area contributed by atoms with Crippen LogP contribution in [0.25, 0.3) is 0 Å². The van der Waals surface area contributed by atoms with E-state index in [1.54, 1.807) is 0 Å². The highest BCUT2D eigenvalue weighted by Crippen LogP contribution is 2.35. The smallest absolute Gasteiger partial charge is 0.263 e. The highest BCUT2D eigenvalue weighted by Gasteiger charge is 2.35. The molecular formula is C17H29N3O3. The molecule has 23 heavy (non-hydrogen) atoms. The lowest BCUT2D eigenvalue weighted by molar-refractivity contribution is -0.142. The lowest BCUT2D eigenvalue weighted by atomic mass is 9.78. The second kappa shape index (κ2) is 7.99. The number of fused-ring (bicyclic) bond motifs is 1. The van der Waals surface area contributed by atoms with Crippen molar-refractivity contribution in [2.24, 2.45) is 22.7 Å². The maximum absolute atomic E-state index is 12.5. The lowest BCUT2D eigenvalue weighted by Gasteiger charge is -2.43. The number of hydrogen-bond acceptors (Lipinski definition) is 4. The highest BCUT2D eigenvalue weighted by atomic mass is 16.6. The van der Waals surface area contributed by atoms with Crippen LogP contribution < -0.4 is 5.73 Å². The Kier molecular flexibility index (Phi) is 5.75. The largest absolute Gasteiger partial charge is 0.384 e. The molecule has 0 aromatic carbocycles. The molecule has 0 spiro atoms. The van der Waals surface area contributed by atoms with E-state index in [-0.39, 0.29) is 18.4 Å². The van der Waals surface area contributed by atoms with Crippen LogP contribution in [0.5, 0.6) is 0 Å². The number of hydrogen-bond donors (Lipinski definition) is 1. The Morgan fingerprint density at radius 3 is 2.70 bits per heavy atom. The number of carbonyl (C=O) groups is 1. The van der Waals surface area contributed by atoms with Crippen molar-refractivity contribution < 1.29 is 14.4 Å². The molecule has 0 bridgehead atoms. The third-order valence-corrected chi connectivity index (χ3v) is 5.56. The Morgan fingerprint density at radius 1 is 1.13 bits per heavy atom. The van der Waals surface area contributed by atoms with E-state index in [2.05, 4.69) is 5.16 Å². The molecule has 0 aromatic rings. The van der Waals surface area contributed by atoms with Gasteiger partial charge in [-0.25, -0.2) is 0 Å². The molecule has 0 radical (unpaired) electrons. The first-order valence-electron chi connectivity index (χ1n) is 9.08. The van der Waals surface area contributed by atoms with Gasteiger partial charge in [0.25, 0.3) is 5.91 Å². The van der Waals surface area contributed by atoms with Gasteiger partial charge in [0.1, 0.15) is 5.84 Å². The van der Waals surface area contributed by atoms with Gasteiger partial charge in [-0.1, -0.05) is 18.0 Å². The van der Waals surface area contributed by atoms with Crippen LogP contribution in [0.2, 0.25) is 0 Å². The fourth-order valence-corrected chi connectivity index (χ4v) is 4.25. The molecule has 3 fully saturated rings. The zero-order valence-corrected chi connectivity index (χ0v) is 13.9. The van der Waals surface area contributed by atoms with Gasteiger partial charge in [0, 0.05) is 31.7 Å². The van der Waals surface area contributed by atoms with Gasteiger partial charge in [0.15, 0.2) is 6.61 Å². The Bertz CT molecular complexity index is 433. The van der Waals surface area contributed by atoms with E-state index in [9.17, 15) is 4.79 Å². The van der Waals surface area contributed by atoms with E-state index in [0.717, 1.165) is 45.4 Å². The second-order valence-corrected chi connectivity index (χ2v) is 7.02. The monoisotopic (exact) mass is 323 g/mol. The molecule has 2 aliphatic heterocycles. The highest BCUT2D eigenvalue weighted by molar-refractivity contribution is 5.82. The van der Waals surface area contributed by atoms with Crippen molar-refractivity contribution in [3.05, 3.63) is 0 Å². The number of likely N-dealkylation sites (tertiary alicyclic amines) is 1. The minimum atomic E-state index is 0.00708. The van der Waals surface area contributed by atoms with E-state index >= 15 is 0 Å². The average Bonchev–Trinajstić information content (AvgIpc) is 2.61. The molecule has 6 heteroatoms. The molecule has 1 amide bonds. The van der Waals surface area contributed by atoms with E-state index in [1.807, 2.05) is 4.90 Å². The van der Waals surface area contributed by atoms with Gasteiger partial charge < -0.3 is 20.2 Å². The van der Waals surface area contributed by atoms with Crippen LogP contribution >= 0.6 is 0 Å². The molecule has 1 saturated carbocycles. The van der Waals surface area contributed by atoms with Crippen LogP contribution in [0.4, 0.5) is 0 Å². The summed E-state index contributed by atoms with van der Waals surface area (Å²) >= 11 is 0. The van der Waals surface area contributed by atoms with Crippen molar-refractivity contribution in [3.8, 4) is 0 Å². The second-order valence-electron chi connectivity index (χ2n) is 7.02. The number of nitrogens with two attached hydrogens (primary N) is 1. The summed E-state index contributed by atoms with van der Waals surface area (Å²) in [6, 6.07) is 0.422. The fraction of sp³-hybridized carbons (Fsp3) is 0.882. The Morgan fingerprint density at radius 2 is 1.87 bits per heavy atom. The van der Waals surface area contributed by atoms with Gasteiger partial charge in [-0.3, -0.25) is 4.79 Å². The SMILES string of the molecule is N/C(=N/OCC(=O)N1CCC[C@@H]2CCCC[C@@H]21)C1CCOCC1. The van der Waals surface area contributed by atoms with Gasteiger partial charge in [0.2, 0.25) is 0 Å². The van der Waals surface area contributed by atoms with Gasteiger partial charge in [-0.2, -0.15) is 0 Å². The number of amidine groups is 1. The number of nitrogens with zero attached hydrogens (tertiary/aromatic N) is 2. The van der Waals surface area contributed by atoms with Gasteiger partial charge in [-0.05, 0) is 44.4 Å². The number of piperidine rings is 1. The first kappa shape index (κ1) is 16.6. The van der Waals surface area contributed by atoms with Gasteiger partial charge in [0.05, 0.1) is 0 Å². The summed E-state index contributed by atoms with van der Waals surface area (Å²) in [5.74, 6) is 1.47. The third kappa shape index (κ3) is 4.16. The summed E-state index contributed by atoms with van der Waals surface area (Å²) < 4.78 is 5.31. The number of carbonyl (C=O) groups excluding carboxylic acids is 1. The van der Waals surface area contributed by atoms with E-state index in [4.69, 9.17) is 15.3 Å². The molecule has 3 aliphatic rings. The molecular weight excluding hydrogens is 294 g/mol. The number of oxime groups is 1. The quantitative estimate of drug-likeness (QED) is 0.487. The summed E-state index contributed by atoms with van der Waals surface area (Å²) in [5, 5.41) is 3.98. The molecule has 2 heterocycles. The van der Waals surface area contributed by atoms with Crippen molar-refractivity contribution in [3.63, 3.8) is 0 Å². The molecule has 6 nitrogen and oxygen atoms in total. The average molecular weight is 323 g/mol.